The first-order valence-electron chi connectivity index (χ1n) is 6.96. The van der Waals surface area contributed by atoms with Crippen LogP contribution in [0.1, 0.15) is 52.2 Å². The molecule has 0 saturated carbocycles. The van der Waals surface area contributed by atoms with E-state index in [0.29, 0.717) is 6.42 Å². The first-order chi connectivity index (χ1) is 9.84. The fourth-order valence-corrected chi connectivity index (χ4v) is 2.25. The van der Waals surface area contributed by atoms with E-state index in [9.17, 15) is 17.7 Å². The van der Waals surface area contributed by atoms with Crippen molar-refractivity contribution in [1.29, 1.82) is 0 Å². The smallest absolute Gasteiger partial charge is 0.416 e. The summed E-state index contributed by atoms with van der Waals surface area (Å²) in [5.41, 5.74) is -0.251. The van der Waals surface area contributed by atoms with Crippen LogP contribution < -0.4 is 0 Å². The van der Waals surface area contributed by atoms with Gasteiger partial charge >= 0.3 is 6.18 Å². The van der Waals surface area contributed by atoms with Crippen LogP contribution >= 0.6 is 0 Å². The standard InChI is InChI=1S/C16H22F3NOS/c1-14(2,3)22(21)20-11-10-15(4,5)12-6-8-13(9-7-12)16(17,18)19/h6-9,11H,10H2,1-5H3. The molecule has 0 fully saturated rings. The van der Waals surface area contributed by atoms with Crippen molar-refractivity contribution in [2.24, 2.45) is 4.40 Å². The Bertz CT molecular complexity index is 516. The van der Waals surface area contributed by atoms with Crippen molar-refractivity contribution in [2.45, 2.75) is 57.4 Å². The summed E-state index contributed by atoms with van der Waals surface area (Å²) in [6, 6.07) is 5.14. The lowest BCUT2D eigenvalue weighted by Crippen LogP contribution is -2.26. The molecule has 0 amide bonds. The van der Waals surface area contributed by atoms with E-state index in [-0.39, 0.29) is 5.41 Å². The second-order valence-electron chi connectivity index (χ2n) is 6.81. The second-order valence-corrected chi connectivity index (χ2v) is 8.75. The van der Waals surface area contributed by atoms with Crippen molar-refractivity contribution in [3.05, 3.63) is 35.4 Å². The molecule has 124 valence electrons. The number of rotatable bonds is 4. The molecule has 0 saturated heterocycles. The zero-order valence-corrected chi connectivity index (χ0v) is 14.3. The molecule has 0 N–H and O–H groups in total. The topological polar surface area (TPSA) is 35.4 Å². The number of hydrogen-bond donors (Lipinski definition) is 0. The monoisotopic (exact) mass is 333 g/mol. The minimum atomic E-state index is -4.33. The number of hydrogen-bond acceptors (Lipinski definition) is 2. The van der Waals surface area contributed by atoms with E-state index in [1.165, 1.54) is 12.1 Å². The van der Waals surface area contributed by atoms with Crippen LogP contribution in [0.4, 0.5) is 13.2 Å². The van der Waals surface area contributed by atoms with Crippen LogP contribution in [0.25, 0.3) is 0 Å². The third-order valence-corrected chi connectivity index (χ3v) is 4.68. The quantitative estimate of drug-likeness (QED) is 0.570. The van der Waals surface area contributed by atoms with Gasteiger partial charge in [-0.25, -0.2) is 0 Å². The van der Waals surface area contributed by atoms with Gasteiger partial charge in [0.2, 0.25) is 0 Å². The van der Waals surface area contributed by atoms with E-state index in [1.807, 2.05) is 34.6 Å². The molecule has 0 aliphatic rings. The Labute approximate surface area is 133 Å². The molecular formula is C16H22F3NOS. The summed E-state index contributed by atoms with van der Waals surface area (Å²) in [6.45, 7) is 9.34. The Kier molecular flexibility index (Phi) is 5.73. The molecule has 2 nitrogen and oxygen atoms in total. The van der Waals surface area contributed by atoms with Crippen LogP contribution in [0.5, 0.6) is 0 Å². The molecule has 1 atom stereocenters. The highest BCUT2D eigenvalue weighted by atomic mass is 32.2. The number of benzene rings is 1. The molecule has 0 spiro atoms. The van der Waals surface area contributed by atoms with Crippen molar-refractivity contribution in [2.75, 3.05) is 0 Å². The number of alkyl halides is 3. The molecule has 6 heteroatoms. The molecule has 0 radical (unpaired) electrons. The molecule has 0 aromatic heterocycles. The molecule has 0 aliphatic carbocycles. The Morgan fingerprint density at radius 3 is 1.86 bits per heavy atom. The molecule has 0 aliphatic heterocycles. The van der Waals surface area contributed by atoms with E-state index in [1.54, 1.807) is 6.21 Å². The molecule has 22 heavy (non-hydrogen) atoms. The lowest BCUT2D eigenvalue weighted by atomic mass is 9.82. The van der Waals surface area contributed by atoms with Gasteiger partial charge in [0.1, 0.15) is 16.1 Å². The number of nitrogens with zero attached hydrogens (tertiary/aromatic N) is 1. The Morgan fingerprint density at radius 2 is 1.45 bits per heavy atom. The average molecular weight is 333 g/mol. The highest BCUT2D eigenvalue weighted by molar-refractivity contribution is 7.91. The average Bonchev–Trinajstić information content (AvgIpc) is 2.36. The first-order valence-corrected chi connectivity index (χ1v) is 8.07. The third-order valence-electron chi connectivity index (χ3n) is 3.29. The van der Waals surface area contributed by atoms with Crippen molar-refractivity contribution < 1.29 is 17.7 Å². The fraction of sp³-hybridized carbons (Fsp3) is 0.562. The van der Waals surface area contributed by atoms with Crippen molar-refractivity contribution in [3.8, 4) is 0 Å². The summed E-state index contributed by atoms with van der Waals surface area (Å²) in [7, 11) is 0. The van der Waals surface area contributed by atoms with Crippen LogP contribution in [0.15, 0.2) is 28.7 Å². The van der Waals surface area contributed by atoms with Gasteiger partial charge in [0, 0.05) is 0 Å². The van der Waals surface area contributed by atoms with Crippen molar-refractivity contribution in [1.82, 2.24) is 0 Å². The number of halogens is 3. The van der Waals surface area contributed by atoms with Gasteiger partial charge in [0.25, 0.3) is 0 Å². The minimum Gasteiger partial charge on any atom is -0.591 e. The maximum absolute atomic E-state index is 12.6. The lowest BCUT2D eigenvalue weighted by Gasteiger charge is -2.24. The fourth-order valence-electron chi connectivity index (χ4n) is 1.72. The summed E-state index contributed by atoms with van der Waals surface area (Å²) < 4.78 is 53.1. The normalized spacial score (nSPS) is 15.3. The Hall–Kier alpha value is -1.01. The molecule has 1 aromatic carbocycles. The Morgan fingerprint density at radius 1 is 1.00 bits per heavy atom. The van der Waals surface area contributed by atoms with Crippen molar-refractivity contribution in [3.63, 3.8) is 0 Å². The predicted octanol–water partition coefficient (Wildman–Crippen LogP) is 4.91. The van der Waals surface area contributed by atoms with Gasteiger partial charge in [-0.1, -0.05) is 30.4 Å². The second kappa shape index (κ2) is 6.62. The Balaban J connectivity index is 2.80. The summed E-state index contributed by atoms with van der Waals surface area (Å²) in [5, 5.41) is 0. The molecule has 1 rings (SSSR count). The first kappa shape index (κ1) is 19.0. The van der Waals surface area contributed by atoms with E-state index in [2.05, 4.69) is 4.40 Å². The van der Waals surface area contributed by atoms with Gasteiger partial charge in [-0.3, -0.25) is 0 Å². The van der Waals surface area contributed by atoms with E-state index < -0.39 is 27.8 Å². The largest absolute Gasteiger partial charge is 0.591 e. The highest BCUT2D eigenvalue weighted by Crippen LogP contribution is 2.32. The van der Waals surface area contributed by atoms with Crippen LogP contribution in [0.3, 0.4) is 0 Å². The van der Waals surface area contributed by atoms with E-state index >= 15 is 0 Å². The molecule has 1 unspecified atom stereocenters. The van der Waals surface area contributed by atoms with E-state index in [4.69, 9.17) is 0 Å². The van der Waals surface area contributed by atoms with Crippen LogP contribution in [0, 0.1) is 0 Å². The summed E-state index contributed by atoms with van der Waals surface area (Å²) >= 11 is -1.32. The van der Waals surface area contributed by atoms with Gasteiger partial charge in [-0.15, -0.1) is 0 Å². The van der Waals surface area contributed by atoms with Crippen molar-refractivity contribution >= 4 is 17.6 Å². The maximum atomic E-state index is 12.6. The van der Waals surface area contributed by atoms with Gasteiger partial charge in [-0.2, -0.15) is 13.2 Å². The van der Waals surface area contributed by atoms with Crippen LogP contribution in [-0.4, -0.2) is 15.5 Å². The molecular weight excluding hydrogens is 311 g/mol. The summed E-state index contributed by atoms with van der Waals surface area (Å²) in [4.78, 5) is 0. The zero-order chi connectivity index (χ0) is 17.2. The van der Waals surface area contributed by atoms with Gasteiger partial charge < -0.3 is 4.55 Å². The maximum Gasteiger partial charge on any atom is 0.416 e. The van der Waals surface area contributed by atoms with Gasteiger partial charge in [-0.05, 0) is 50.3 Å². The summed E-state index contributed by atoms with van der Waals surface area (Å²) in [5.74, 6) is 0. The lowest BCUT2D eigenvalue weighted by molar-refractivity contribution is -0.137. The SMILES string of the molecule is CC(C)(CC=N[S+]([O-])C(C)(C)C)c1ccc(C(F)(F)F)cc1. The highest BCUT2D eigenvalue weighted by Gasteiger charge is 2.31. The molecule has 1 aromatic rings. The molecule has 0 heterocycles. The molecule has 0 bridgehead atoms. The summed E-state index contributed by atoms with van der Waals surface area (Å²) in [6.07, 6.45) is -2.23. The predicted molar refractivity (Wildman–Crippen MR) is 85.5 cm³/mol. The van der Waals surface area contributed by atoms with Gasteiger partial charge in [0.15, 0.2) is 0 Å². The van der Waals surface area contributed by atoms with Gasteiger partial charge in [0.05, 0.1) is 11.8 Å². The van der Waals surface area contributed by atoms with Crippen LogP contribution in [0.2, 0.25) is 0 Å². The van der Waals surface area contributed by atoms with Crippen LogP contribution in [-0.2, 0) is 23.0 Å². The zero-order valence-electron chi connectivity index (χ0n) is 13.5. The van der Waals surface area contributed by atoms with E-state index in [0.717, 1.165) is 17.7 Å². The minimum absolute atomic E-state index is 0.379. The third kappa shape index (κ3) is 5.32.